The van der Waals surface area contributed by atoms with E-state index in [2.05, 4.69) is 10.3 Å². The Morgan fingerprint density at radius 1 is 1.00 bits per heavy atom. The average molecular weight is 533 g/mol. The molecule has 1 aromatic heterocycles. The number of nitrogens with one attached hydrogen (secondary N) is 1. The fourth-order valence-electron chi connectivity index (χ4n) is 4.07. The van der Waals surface area contributed by atoms with Crippen LogP contribution in [0.1, 0.15) is 36.3 Å². The molecule has 1 saturated heterocycles. The lowest BCUT2D eigenvalue weighted by Crippen LogP contribution is -2.37. The molecule has 1 N–H and O–H groups in total. The van der Waals surface area contributed by atoms with Gasteiger partial charge in [-0.15, -0.1) is 0 Å². The summed E-state index contributed by atoms with van der Waals surface area (Å²) in [4.78, 5) is 46.1. The number of amides is 2. The highest BCUT2D eigenvalue weighted by atomic mass is 32.1. The molecular formula is C28H28N4O5S. The first-order chi connectivity index (χ1) is 18.4. The van der Waals surface area contributed by atoms with Crippen molar-refractivity contribution in [1.82, 2.24) is 9.88 Å². The van der Waals surface area contributed by atoms with E-state index in [1.807, 2.05) is 19.1 Å². The maximum absolute atomic E-state index is 13.6. The molecule has 1 atom stereocenters. The molecule has 0 spiro atoms. The van der Waals surface area contributed by atoms with Gasteiger partial charge in [0.2, 0.25) is 5.91 Å². The van der Waals surface area contributed by atoms with E-state index in [1.165, 1.54) is 4.90 Å². The third kappa shape index (κ3) is 6.15. The molecular weight excluding hydrogens is 504 g/mol. The highest BCUT2D eigenvalue weighted by Crippen LogP contribution is 2.29. The summed E-state index contributed by atoms with van der Waals surface area (Å²) in [5, 5.41) is 3.10. The lowest BCUT2D eigenvalue weighted by atomic mass is 10.1. The molecule has 0 bridgehead atoms. The standard InChI is InChI=1S/C28H28N4O5S/c1-3-36-23-14-10-20(11-15-23)30-25(33)17-24-26(34)32(22-12-8-19(9-13-22)27(35)37-4-2)28(38)31(24)18-21-7-5-6-16-29-21/h5-16,24H,3-4,17-18H2,1-2H3,(H,30,33)/t24-/m0/s1. The fourth-order valence-corrected chi connectivity index (χ4v) is 4.45. The van der Waals surface area contributed by atoms with Crippen molar-refractivity contribution in [3.8, 4) is 5.75 Å². The first kappa shape index (κ1) is 26.7. The zero-order valence-electron chi connectivity index (χ0n) is 21.1. The van der Waals surface area contributed by atoms with Gasteiger partial charge in [0.25, 0.3) is 5.91 Å². The Morgan fingerprint density at radius 3 is 2.37 bits per heavy atom. The SMILES string of the molecule is CCOC(=O)c1ccc(N2C(=O)[C@H](CC(=O)Nc3ccc(OCC)cc3)N(Cc3ccccn3)C2=S)cc1. The number of nitrogens with zero attached hydrogens (tertiary/aromatic N) is 3. The van der Waals surface area contributed by atoms with Crippen LogP contribution in [-0.2, 0) is 20.9 Å². The molecule has 10 heteroatoms. The minimum Gasteiger partial charge on any atom is -0.494 e. The topological polar surface area (TPSA) is 101 Å². The van der Waals surface area contributed by atoms with Crippen LogP contribution in [0.3, 0.4) is 0 Å². The number of rotatable bonds is 10. The van der Waals surface area contributed by atoms with E-state index in [9.17, 15) is 14.4 Å². The summed E-state index contributed by atoms with van der Waals surface area (Å²) in [6, 6.07) is 18.1. The molecule has 38 heavy (non-hydrogen) atoms. The number of hydrogen-bond acceptors (Lipinski definition) is 7. The van der Waals surface area contributed by atoms with E-state index in [0.29, 0.717) is 35.0 Å². The molecule has 2 amide bonds. The predicted molar refractivity (Wildman–Crippen MR) is 147 cm³/mol. The van der Waals surface area contributed by atoms with Gasteiger partial charge in [-0.2, -0.15) is 0 Å². The predicted octanol–water partition coefficient (Wildman–Crippen LogP) is 4.19. The lowest BCUT2D eigenvalue weighted by Gasteiger charge is -2.23. The molecule has 1 aliphatic rings. The summed E-state index contributed by atoms with van der Waals surface area (Å²) in [7, 11) is 0. The second kappa shape index (κ2) is 12.3. The van der Waals surface area contributed by atoms with Gasteiger partial charge in [0.1, 0.15) is 11.8 Å². The first-order valence-electron chi connectivity index (χ1n) is 12.3. The molecule has 2 heterocycles. The van der Waals surface area contributed by atoms with Crippen molar-refractivity contribution in [1.29, 1.82) is 0 Å². The van der Waals surface area contributed by atoms with Crippen molar-refractivity contribution < 1.29 is 23.9 Å². The van der Waals surface area contributed by atoms with Gasteiger partial charge in [-0.25, -0.2) is 4.79 Å². The second-order valence-electron chi connectivity index (χ2n) is 8.40. The highest BCUT2D eigenvalue weighted by Gasteiger charge is 2.44. The average Bonchev–Trinajstić information content (AvgIpc) is 3.14. The van der Waals surface area contributed by atoms with Crippen LogP contribution in [0.5, 0.6) is 5.75 Å². The van der Waals surface area contributed by atoms with Crippen LogP contribution in [0.15, 0.2) is 72.9 Å². The van der Waals surface area contributed by atoms with Gasteiger partial charge in [-0.3, -0.25) is 19.5 Å². The van der Waals surface area contributed by atoms with Crippen molar-refractivity contribution in [2.75, 3.05) is 23.4 Å². The third-order valence-electron chi connectivity index (χ3n) is 5.84. The molecule has 0 radical (unpaired) electrons. The molecule has 1 fully saturated rings. The Kier molecular flexibility index (Phi) is 8.65. The number of thiocarbonyl (C=S) groups is 1. The minimum absolute atomic E-state index is 0.115. The van der Waals surface area contributed by atoms with Gasteiger partial charge >= 0.3 is 5.97 Å². The summed E-state index contributed by atoms with van der Waals surface area (Å²) in [5.41, 5.74) is 2.16. The monoisotopic (exact) mass is 532 g/mol. The van der Waals surface area contributed by atoms with Crippen LogP contribution < -0.4 is 15.0 Å². The van der Waals surface area contributed by atoms with Crippen molar-refractivity contribution in [3.63, 3.8) is 0 Å². The van der Waals surface area contributed by atoms with Crippen LogP contribution >= 0.6 is 12.2 Å². The summed E-state index contributed by atoms with van der Waals surface area (Å²) in [6.07, 6.45) is 1.55. The molecule has 3 aromatic rings. The number of ether oxygens (including phenoxy) is 2. The Labute approximate surface area is 226 Å². The van der Waals surface area contributed by atoms with Gasteiger partial charge in [0.05, 0.1) is 43.1 Å². The number of esters is 1. The highest BCUT2D eigenvalue weighted by molar-refractivity contribution is 7.80. The molecule has 0 saturated carbocycles. The van der Waals surface area contributed by atoms with Gasteiger partial charge in [-0.05, 0) is 86.7 Å². The van der Waals surface area contributed by atoms with Crippen LogP contribution in [0, 0.1) is 0 Å². The molecule has 4 rings (SSSR count). The smallest absolute Gasteiger partial charge is 0.338 e. The van der Waals surface area contributed by atoms with Crippen LogP contribution in [0.25, 0.3) is 0 Å². The van der Waals surface area contributed by atoms with E-state index < -0.39 is 12.0 Å². The molecule has 9 nitrogen and oxygen atoms in total. The van der Waals surface area contributed by atoms with Crippen molar-refractivity contribution in [2.45, 2.75) is 32.9 Å². The Bertz CT molecular complexity index is 1300. The van der Waals surface area contributed by atoms with E-state index in [0.717, 1.165) is 0 Å². The minimum atomic E-state index is -0.836. The summed E-state index contributed by atoms with van der Waals surface area (Å²) in [6.45, 7) is 4.69. The Morgan fingerprint density at radius 2 is 1.74 bits per heavy atom. The maximum Gasteiger partial charge on any atom is 0.338 e. The number of pyridine rings is 1. The number of anilines is 2. The maximum atomic E-state index is 13.6. The first-order valence-corrected chi connectivity index (χ1v) is 12.7. The van der Waals surface area contributed by atoms with E-state index in [-0.39, 0.29) is 36.5 Å². The number of carbonyl (C=O) groups is 3. The molecule has 196 valence electrons. The number of hydrogen-bond donors (Lipinski definition) is 1. The summed E-state index contributed by atoms with van der Waals surface area (Å²) >= 11 is 5.71. The summed E-state index contributed by atoms with van der Waals surface area (Å²) in [5.74, 6) is -0.416. The van der Waals surface area contributed by atoms with Crippen molar-refractivity contribution in [3.05, 3.63) is 84.2 Å². The zero-order valence-corrected chi connectivity index (χ0v) is 21.9. The van der Waals surface area contributed by atoms with E-state index in [1.54, 1.807) is 72.6 Å². The van der Waals surface area contributed by atoms with E-state index in [4.69, 9.17) is 21.7 Å². The summed E-state index contributed by atoms with van der Waals surface area (Å²) < 4.78 is 10.5. The molecule has 1 aliphatic heterocycles. The van der Waals surface area contributed by atoms with Gasteiger partial charge in [0, 0.05) is 11.9 Å². The van der Waals surface area contributed by atoms with Gasteiger partial charge < -0.3 is 19.7 Å². The normalized spacial score (nSPS) is 14.9. The van der Waals surface area contributed by atoms with Crippen LogP contribution in [-0.4, -0.2) is 52.0 Å². The molecule has 2 aromatic carbocycles. The Balaban J connectivity index is 1.55. The van der Waals surface area contributed by atoms with Crippen molar-refractivity contribution in [2.24, 2.45) is 0 Å². The lowest BCUT2D eigenvalue weighted by molar-refractivity contribution is -0.124. The number of carbonyl (C=O) groups excluding carboxylic acids is 3. The molecule has 0 unspecified atom stereocenters. The van der Waals surface area contributed by atoms with Crippen LogP contribution in [0.2, 0.25) is 0 Å². The number of benzene rings is 2. The second-order valence-corrected chi connectivity index (χ2v) is 8.76. The zero-order chi connectivity index (χ0) is 27.1. The third-order valence-corrected chi connectivity index (χ3v) is 6.26. The molecule has 0 aliphatic carbocycles. The van der Waals surface area contributed by atoms with E-state index >= 15 is 0 Å². The largest absolute Gasteiger partial charge is 0.494 e. The number of aromatic nitrogens is 1. The fraction of sp³-hybridized carbons (Fsp3) is 0.250. The Hall–Kier alpha value is -4.31. The van der Waals surface area contributed by atoms with Gasteiger partial charge in [0.15, 0.2) is 5.11 Å². The quantitative estimate of drug-likeness (QED) is 0.307. The van der Waals surface area contributed by atoms with Crippen molar-refractivity contribution >= 4 is 46.5 Å². The van der Waals surface area contributed by atoms with Crippen LogP contribution in [0.4, 0.5) is 11.4 Å². The van der Waals surface area contributed by atoms with Gasteiger partial charge in [-0.1, -0.05) is 6.07 Å².